The van der Waals surface area contributed by atoms with Crippen LogP contribution in [0.25, 0.3) is 0 Å². The highest BCUT2D eigenvalue weighted by Crippen LogP contribution is 2.33. The van der Waals surface area contributed by atoms with Gasteiger partial charge in [-0.2, -0.15) is 5.26 Å². The van der Waals surface area contributed by atoms with Crippen LogP contribution in [0.4, 0.5) is 16.2 Å². The van der Waals surface area contributed by atoms with Crippen LogP contribution < -0.4 is 4.90 Å². The van der Waals surface area contributed by atoms with Crippen molar-refractivity contribution < 1.29 is 14.3 Å². The van der Waals surface area contributed by atoms with Crippen LogP contribution in [0.2, 0.25) is 0 Å². The lowest BCUT2D eigenvalue weighted by molar-refractivity contribution is 0.0206. The molecule has 0 aliphatic carbocycles. The highest BCUT2D eigenvalue weighted by molar-refractivity contribution is 5.95. The van der Waals surface area contributed by atoms with Gasteiger partial charge in [-0.25, -0.2) is 4.79 Å². The summed E-state index contributed by atoms with van der Waals surface area (Å²) in [5, 5.41) is 9.48. The smallest absolute Gasteiger partial charge is 0.410 e. The molecule has 37 heavy (non-hydrogen) atoms. The summed E-state index contributed by atoms with van der Waals surface area (Å²) in [4.78, 5) is 31.6. The van der Waals surface area contributed by atoms with E-state index in [0.717, 1.165) is 24.2 Å². The zero-order chi connectivity index (χ0) is 27.3. The fraction of sp³-hybridized carbons (Fsp3) is 0.500. The molecule has 7 heteroatoms. The summed E-state index contributed by atoms with van der Waals surface area (Å²) < 4.78 is 5.56. The van der Waals surface area contributed by atoms with Gasteiger partial charge in [0.15, 0.2) is 0 Å². The van der Waals surface area contributed by atoms with Gasteiger partial charge in [0.05, 0.1) is 11.6 Å². The Labute approximate surface area is 221 Å². The van der Waals surface area contributed by atoms with Crippen molar-refractivity contribution in [2.75, 3.05) is 18.0 Å². The summed E-state index contributed by atoms with van der Waals surface area (Å²) in [7, 11) is 0. The summed E-state index contributed by atoms with van der Waals surface area (Å²) >= 11 is 0. The average molecular weight is 505 g/mol. The number of nitriles is 1. The first-order chi connectivity index (χ1) is 17.4. The Morgan fingerprint density at radius 1 is 0.973 bits per heavy atom. The highest BCUT2D eigenvalue weighted by atomic mass is 16.6. The standard InChI is InChI=1S/C30H40N4O3/c1-21(2)33(22(3)4)28(35)24-11-13-25(14-12-24)34(27-10-8-9-23(19-27)20-31)26-15-17-32(18-16-26)29(36)37-30(5,6)7/h8-14,19,21-22,26H,15-18H2,1-7H3. The first-order valence-corrected chi connectivity index (χ1v) is 13.1. The van der Waals surface area contributed by atoms with Crippen molar-refractivity contribution in [1.29, 1.82) is 5.26 Å². The summed E-state index contributed by atoms with van der Waals surface area (Å²) in [5.41, 5.74) is 2.57. The molecule has 1 aliphatic rings. The number of amides is 2. The maximum absolute atomic E-state index is 13.2. The molecule has 0 unspecified atom stereocenters. The number of hydrogen-bond acceptors (Lipinski definition) is 5. The molecule has 1 fully saturated rings. The second-order valence-electron chi connectivity index (χ2n) is 11.2. The number of piperidine rings is 1. The van der Waals surface area contributed by atoms with Crippen molar-refractivity contribution in [3.63, 3.8) is 0 Å². The van der Waals surface area contributed by atoms with Crippen LogP contribution in [0.1, 0.15) is 77.2 Å². The van der Waals surface area contributed by atoms with E-state index < -0.39 is 5.60 Å². The molecule has 1 aliphatic heterocycles. The molecule has 0 radical (unpaired) electrons. The zero-order valence-electron chi connectivity index (χ0n) is 23.2. The molecule has 2 aromatic carbocycles. The van der Waals surface area contributed by atoms with E-state index in [4.69, 9.17) is 4.74 Å². The van der Waals surface area contributed by atoms with Crippen molar-refractivity contribution in [3.05, 3.63) is 59.7 Å². The molecule has 198 valence electrons. The minimum Gasteiger partial charge on any atom is -0.444 e. The lowest BCUT2D eigenvalue weighted by Gasteiger charge is -2.40. The van der Waals surface area contributed by atoms with Crippen LogP contribution in [0, 0.1) is 11.3 Å². The molecule has 7 nitrogen and oxygen atoms in total. The SMILES string of the molecule is CC(C)N(C(=O)c1ccc(N(c2cccc(C#N)c2)C2CCN(C(=O)OC(C)(C)C)CC2)cc1)C(C)C. The van der Waals surface area contributed by atoms with E-state index in [1.807, 2.05) is 95.8 Å². The number of carbonyl (C=O) groups is 2. The number of ether oxygens (including phenoxy) is 1. The van der Waals surface area contributed by atoms with Crippen molar-refractivity contribution in [1.82, 2.24) is 9.80 Å². The molecule has 0 atom stereocenters. The molecule has 0 N–H and O–H groups in total. The number of anilines is 2. The molecule has 1 saturated heterocycles. The number of benzene rings is 2. The molecule has 0 aromatic heterocycles. The lowest BCUT2D eigenvalue weighted by Crippen LogP contribution is -2.47. The molecule has 0 bridgehead atoms. The summed E-state index contributed by atoms with van der Waals surface area (Å²) in [6.45, 7) is 14.9. The van der Waals surface area contributed by atoms with E-state index in [9.17, 15) is 14.9 Å². The van der Waals surface area contributed by atoms with Crippen LogP contribution in [0.3, 0.4) is 0 Å². The molecule has 2 amide bonds. The number of hydrogen-bond donors (Lipinski definition) is 0. The topological polar surface area (TPSA) is 76.9 Å². The van der Waals surface area contributed by atoms with Crippen LogP contribution in [0.5, 0.6) is 0 Å². The molecule has 0 spiro atoms. The highest BCUT2D eigenvalue weighted by Gasteiger charge is 2.31. The minimum atomic E-state index is -0.530. The first-order valence-electron chi connectivity index (χ1n) is 13.1. The second-order valence-corrected chi connectivity index (χ2v) is 11.2. The van der Waals surface area contributed by atoms with Gasteiger partial charge in [-0.05, 0) is 104 Å². The molecular formula is C30H40N4O3. The second kappa shape index (κ2) is 11.7. The zero-order valence-corrected chi connectivity index (χ0v) is 23.2. The van der Waals surface area contributed by atoms with Gasteiger partial charge in [-0.1, -0.05) is 6.07 Å². The van der Waals surface area contributed by atoms with Gasteiger partial charge >= 0.3 is 6.09 Å². The third kappa shape index (κ3) is 7.03. The summed E-state index contributed by atoms with van der Waals surface area (Å²) in [6.07, 6.45) is 1.22. The fourth-order valence-electron chi connectivity index (χ4n) is 4.91. The van der Waals surface area contributed by atoms with Crippen molar-refractivity contribution >= 4 is 23.4 Å². The Kier molecular flexibility index (Phi) is 8.85. The maximum atomic E-state index is 13.2. The Hall–Kier alpha value is -3.53. The van der Waals surface area contributed by atoms with E-state index in [1.54, 1.807) is 11.0 Å². The fourth-order valence-corrected chi connectivity index (χ4v) is 4.91. The van der Waals surface area contributed by atoms with Crippen LogP contribution in [-0.2, 0) is 4.74 Å². The minimum absolute atomic E-state index is 0.0141. The van der Waals surface area contributed by atoms with Crippen molar-refractivity contribution in [2.45, 2.75) is 85.0 Å². The molecule has 0 saturated carbocycles. The molecule has 2 aromatic rings. The van der Waals surface area contributed by atoms with Crippen molar-refractivity contribution in [3.8, 4) is 6.07 Å². The lowest BCUT2D eigenvalue weighted by atomic mass is 10.0. The van der Waals surface area contributed by atoms with Gasteiger partial charge in [0.2, 0.25) is 0 Å². The Balaban J connectivity index is 1.88. The number of rotatable bonds is 6. The number of nitrogens with zero attached hydrogens (tertiary/aromatic N) is 4. The first kappa shape index (κ1) is 28.0. The predicted molar refractivity (Wildman–Crippen MR) is 147 cm³/mol. The van der Waals surface area contributed by atoms with Gasteiger partial charge in [-0.15, -0.1) is 0 Å². The van der Waals surface area contributed by atoms with Crippen LogP contribution >= 0.6 is 0 Å². The van der Waals surface area contributed by atoms with Gasteiger partial charge in [0.1, 0.15) is 5.60 Å². The largest absolute Gasteiger partial charge is 0.444 e. The Morgan fingerprint density at radius 3 is 2.08 bits per heavy atom. The number of likely N-dealkylation sites (tertiary alicyclic amines) is 1. The Morgan fingerprint density at radius 2 is 1.57 bits per heavy atom. The predicted octanol–water partition coefficient (Wildman–Crippen LogP) is 6.35. The van der Waals surface area contributed by atoms with Gasteiger partial charge in [0, 0.05) is 48.2 Å². The van der Waals surface area contributed by atoms with Crippen LogP contribution in [-0.4, -0.2) is 58.6 Å². The average Bonchev–Trinajstić information content (AvgIpc) is 2.83. The van der Waals surface area contributed by atoms with E-state index in [0.29, 0.717) is 24.2 Å². The van der Waals surface area contributed by atoms with Gasteiger partial charge in [0.25, 0.3) is 5.91 Å². The molecule has 3 rings (SSSR count). The van der Waals surface area contributed by atoms with E-state index in [1.165, 1.54) is 0 Å². The van der Waals surface area contributed by atoms with Gasteiger partial charge < -0.3 is 19.4 Å². The van der Waals surface area contributed by atoms with E-state index in [-0.39, 0.29) is 30.1 Å². The van der Waals surface area contributed by atoms with Crippen LogP contribution in [0.15, 0.2) is 48.5 Å². The van der Waals surface area contributed by atoms with Crippen molar-refractivity contribution in [2.24, 2.45) is 0 Å². The molecule has 1 heterocycles. The van der Waals surface area contributed by atoms with E-state index >= 15 is 0 Å². The number of carbonyl (C=O) groups excluding carboxylic acids is 2. The third-order valence-corrected chi connectivity index (χ3v) is 6.47. The Bertz CT molecular complexity index is 1110. The maximum Gasteiger partial charge on any atom is 0.410 e. The quantitative estimate of drug-likeness (QED) is 0.458. The monoisotopic (exact) mass is 504 g/mol. The molecular weight excluding hydrogens is 464 g/mol. The normalized spacial score (nSPS) is 14.4. The van der Waals surface area contributed by atoms with E-state index in [2.05, 4.69) is 11.0 Å². The third-order valence-electron chi connectivity index (χ3n) is 6.47. The van der Waals surface area contributed by atoms with Gasteiger partial charge in [-0.3, -0.25) is 4.79 Å². The summed E-state index contributed by atoms with van der Waals surface area (Å²) in [6, 6.07) is 17.8. The summed E-state index contributed by atoms with van der Waals surface area (Å²) in [5.74, 6) is 0.0141.